The second-order valence-corrected chi connectivity index (χ2v) is 9.36. The zero-order valence-electron chi connectivity index (χ0n) is 20.4. The summed E-state index contributed by atoms with van der Waals surface area (Å²) in [5.74, 6) is 2.58. The lowest BCUT2D eigenvalue weighted by atomic mass is 9.90. The van der Waals surface area contributed by atoms with Gasteiger partial charge in [-0.15, -0.1) is 0 Å². The molecule has 34 heavy (non-hydrogen) atoms. The molecule has 6 heteroatoms. The molecule has 1 aromatic heterocycles. The molecule has 0 unspecified atom stereocenters. The molecule has 1 amide bonds. The quantitative estimate of drug-likeness (QED) is 0.509. The summed E-state index contributed by atoms with van der Waals surface area (Å²) in [5, 5.41) is 6.87. The minimum absolute atomic E-state index is 0.0436. The van der Waals surface area contributed by atoms with Crippen molar-refractivity contribution in [2.24, 2.45) is 0 Å². The van der Waals surface area contributed by atoms with E-state index in [1.807, 2.05) is 56.3 Å². The number of aromatic nitrogens is 2. The molecule has 1 fully saturated rings. The number of amides is 1. The summed E-state index contributed by atoms with van der Waals surface area (Å²) in [4.78, 5) is 24.1. The van der Waals surface area contributed by atoms with Gasteiger partial charge in [0.2, 0.25) is 0 Å². The maximum Gasteiger partial charge on any atom is 0.251 e. The molecule has 0 radical (unpaired) electrons. The standard InChI is InChI=1S/C28H35N5O/c1-20-29-26(19-27(30-20)33(2)3)31-23-15-17-24(18-16-23)32-28(34)25-12-8-7-11-22(25)14-13-21-9-5-4-6-10-21/h4-12,19,23-24H,13-18H2,1-3H3,(H,32,34)(H,29,30,31). The first-order valence-electron chi connectivity index (χ1n) is 12.2. The largest absolute Gasteiger partial charge is 0.367 e. The Morgan fingerprint density at radius 3 is 2.32 bits per heavy atom. The van der Waals surface area contributed by atoms with Crippen LogP contribution in [0.5, 0.6) is 0 Å². The van der Waals surface area contributed by atoms with Crippen molar-refractivity contribution in [2.75, 3.05) is 24.3 Å². The summed E-state index contributed by atoms with van der Waals surface area (Å²) < 4.78 is 0. The highest BCUT2D eigenvalue weighted by Crippen LogP contribution is 2.24. The van der Waals surface area contributed by atoms with Gasteiger partial charge in [-0.1, -0.05) is 48.5 Å². The Balaban J connectivity index is 1.30. The van der Waals surface area contributed by atoms with Gasteiger partial charge in [0.15, 0.2) is 0 Å². The molecule has 0 bridgehead atoms. The van der Waals surface area contributed by atoms with Gasteiger partial charge in [-0.05, 0) is 62.6 Å². The number of hydrogen-bond donors (Lipinski definition) is 2. The average Bonchev–Trinajstić information content (AvgIpc) is 2.84. The Bertz CT molecular complexity index is 1090. The fraction of sp³-hybridized carbons (Fsp3) is 0.393. The first-order chi connectivity index (χ1) is 16.5. The Morgan fingerprint density at radius 1 is 0.912 bits per heavy atom. The minimum Gasteiger partial charge on any atom is -0.367 e. The molecule has 1 heterocycles. The molecular formula is C28H35N5O. The van der Waals surface area contributed by atoms with E-state index in [1.165, 1.54) is 5.56 Å². The molecule has 0 spiro atoms. The van der Waals surface area contributed by atoms with Crippen molar-refractivity contribution in [3.05, 3.63) is 83.2 Å². The summed E-state index contributed by atoms with van der Waals surface area (Å²) in [7, 11) is 3.97. The lowest BCUT2D eigenvalue weighted by molar-refractivity contribution is 0.0925. The highest BCUT2D eigenvalue weighted by Gasteiger charge is 2.24. The van der Waals surface area contributed by atoms with Crippen LogP contribution in [0.3, 0.4) is 0 Å². The summed E-state index contributed by atoms with van der Waals surface area (Å²) >= 11 is 0. The predicted octanol–water partition coefficient (Wildman–Crippen LogP) is 4.79. The number of benzene rings is 2. The molecule has 178 valence electrons. The van der Waals surface area contributed by atoms with Crippen molar-refractivity contribution < 1.29 is 4.79 Å². The Labute approximate surface area is 202 Å². The van der Waals surface area contributed by atoms with E-state index < -0.39 is 0 Å². The maximum atomic E-state index is 13.1. The molecule has 2 N–H and O–H groups in total. The van der Waals surface area contributed by atoms with Gasteiger partial charge in [0.05, 0.1) is 0 Å². The van der Waals surface area contributed by atoms with Crippen molar-refractivity contribution in [2.45, 2.75) is 57.5 Å². The van der Waals surface area contributed by atoms with Crippen LogP contribution in [0.2, 0.25) is 0 Å². The second kappa shape index (κ2) is 11.1. The van der Waals surface area contributed by atoms with E-state index in [-0.39, 0.29) is 11.9 Å². The van der Waals surface area contributed by atoms with Gasteiger partial charge in [-0.3, -0.25) is 4.79 Å². The first-order valence-corrected chi connectivity index (χ1v) is 12.2. The van der Waals surface area contributed by atoms with Crippen LogP contribution in [0.4, 0.5) is 11.6 Å². The van der Waals surface area contributed by atoms with Crippen LogP contribution in [0.15, 0.2) is 60.7 Å². The van der Waals surface area contributed by atoms with E-state index in [0.717, 1.165) is 67.1 Å². The van der Waals surface area contributed by atoms with Crippen molar-refractivity contribution in [3.8, 4) is 0 Å². The highest BCUT2D eigenvalue weighted by atomic mass is 16.1. The summed E-state index contributed by atoms with van der Waals surface area (Å²) in [6.07, 6.45) is 5.71. The molecule has 1 saturated carbocycles. The van der Waals surface area contributed by atoms with E-state index in [1.54, 1.807) is 0 Å². The van der Waals surface area contributed by atoms with Gasteiger partial charge >= 0.3 is 0 Å². The first kappa shape index (κ1) is 23.7. The maximum absolute atomic E-state index is 13.1. The van der Waals surface area contributed by atoms with E-state index in [9.17, 15) is 4.79 Å². The van der Waals surface area contributed by atoms with Crippen molar-refractivity contribution in [1.82, 2.24) is 15.3 Å². The zero-order chi connectivity index (χ0) is 23.9. The number of nitrogens with one attached hydrogen (secondary N) is 2. The predicted molar refractivity (Wildman–Crippen MR) is 139 cm³/mol. The fourth-order valence-corrected chi connectivity index (χ4v) is 4.59. The lowest BCUT2D eigenvalue weighted by Gasteiger charge is -2.30. The van der Waals surface area contributed by atoms with Gasteiger partial charge in [-0.25, -0.2) is 9.97 Å². The molecule has 6 nitrogen and oxygen atoms in total. The van der Waals surface area contributed by atoms with Gasteiger partial charge in [0, 0.05) is 37.8 Å². The van der Waals surface area contributed by atoms with E-state index in [2.05, 4.69) is 50.9 Å². The average molecular weight is 458 g/mol. The van der Waals surface area contributed by atoms with Crippen LogP contribution in [0.1, 0.15) is 53.0 Å². The fourth-order valence-electron chi connectivity index (χ4n) is 4.59. The number of anilines is 2. The smallest absolute Gasteiger partial charge is 0.251 e. The van der Waals surface area contributed by atoms with Crippen molar-refractivity contribution in [3.63, 3.8) is 0 Å². The van der Waals surface area contributed by atoms with E-state index >= 15 is 0 Å². The Kier molecular flexibility index (Phi) is 7.78. The topological polar surface area (TPSA) is 70.2 Å². The van der Waals surface area contributed by atoms with Crippen LogP contribution in [0, 0.1) is 6.92 Å². The van der Waals surface area contributed by atoms with Crippen LogP contribution >= 0.6 is 0 Å². The molecule has 2 aromatic carbocycles. The number of carbonyl (C=O) groups excluding carboxylic acids is 1. The Hall–Kier alpha value is -3.41. The van der Waals surface area contributed by atoms with Crippen LogP contribution in [-0.4, -0.2) is 42.1 Å². The van der Waals surface area contributed by atoms with Crippen molar-refractivity contribution >= 4 is 17.5 Å². The molecule has 4 rings (SSSR count). The second-order valence-electron chi connectivity index (χ2n) is 9.36. The molecule has 0 aliphatic heterocycles. The number of aryl methyl sites for hydroxylation is 3. The minimum atomic E-state index is 0.0436. The molecule has 3 aromatic rings. The molecule has 0 saturated heterocycles. The molecular weight excluding hydrogens is 422 g/mol. The van der Waals surface area contributed by atoms with Gasteiger partial charge in [-0.2, -0.15) is 0 Å². The Morgan fingerprint density at radius 2 is 1.59 bits per heavy atom. The van der Waals surface area contributed by atoms with E-state index in [0.29, 0.717) is 6.04 Å². The van der Waals surface area contributed by atoms with Crippen LogP contribution in [-0.2, 0) is 12.8 Å². The SMILES string of the molecule is Cc1nc(NC2CCC(NC(=O)c3ccccc3CCc3ccccc3)CC2)cc(N(C)C)n1. The number of hydrogen-bond acceptors (Lipinski definition) is 5. The third-order valence-corrected chi connectivity index (χ3v) is 6.48. The van der Waals surface area contributed by atoms with Crippen LogP contribution in [0.25, 0.3) is 0 Å². The molecule has 1 aliphatic carbocycles. The summed E-state index contributed by atoms with van der Waals surface area (Å²) in [6.45, 7) is 1.92. The van der Waals surface area contributed by atoms with Gasteiger partial charge in [0.25, 0.3) is 5.91 Å². The monoisotopic (exact) mass is 457 g/mol. The van der Waals surface area contributed by atoms with Gasteiger partial charge in [0.1, 0.15) is 17.5 Å². The number of rotatable bonds is 8. The molecule has 0 atom stereocenters. The van der Waals surface area contributed by atoms with Crippen LogP contribution < -0.4 is 15.5 Å². The molecule has 1 aliphatic rings. The van der Waals surface area contributed by atoms with Crippen molar-refractivity contribution in [1.29, 1.82) is 0 Å². The van der Waals surface area contributed by atoms with E-state index in [4.69, 9.17) is 0 Å². The third kappa shape index (κ3) is 6.34. The summed E-state index contributed by atoms with van der Waals surface area (Å²) in [6, 6.07) is 21.0. The highest BCUT2D eigenvalue weighted by molar-refractivity contribution is 5.95. The van der Waals surface area contributed by atoms with Gasteiger partial charge < -0.3 is 15.5 Å². The summed E-state index contributed by atoms with van der Waals surface area (Å²) in [5.41, 5.74) is 3.20. The number of nitrogens with zero attached hydrogens (tertiary/aromatic N) is 3. The normalized spacial score (nSPS) is 17.7. The lowest BCUT2D eigenvalue weighted by Crippen LogP contribution is -2.40. The number of carbonyl (C=O) groups is 1. The third-order valence-electron chi connectivity index (χ3n) is 6.48. The zero-order valence-corrected chi connectivity index (χ0v) is 20.4.